The summed E-state index contributed by atoms with van der Waals surface area (Å²) in [5, 5.41) is 9.26. The molecule has 1 N–H and O–H groups in total. The largest absolute Gasteiger partial charge is 0.392 e. The standard InChI is InChI=1S/C14H14FNO/c1-16(14-9-5-3-7-12(14)15)13-8-4-2-6-11(13)10-17/h2-9,17H,10H2,1H3. The zero-order valence-electron chi connectivity index (χ0n) is 9.60. The summed E-state index contributed by atoms with van der Waals surface area (Å²) >= 11 is 0. The third-order valence-electron chi connectivity index (χ3n) is 2.74. The highest BCUT2D eigenvalue weighted by Crippen LogP contribution is 2.28. The molecular formula is C14H14FNO. The van der Waals surface area contributed by atoms with Crippen molar-refractivity contribution in [3.05, 3.63) is 59.9 Å². The summed E-state index contributed by atoms with van der Waals surface area (Å²) in [7, 11) is 1.78. The third-order valence-corrected chi connectivity index (χ3v) is 2.74. The first-order chi connectivity index (χ1) is 8.24. The van der Waals surface area contributed by atoms with Gasteiger partial charge in [-0.1, -0.05) is 30.3 Å². The highest BCUT2D eigenvalue weighted by Gasteiger charge is 2.11. The summed E-state index contributed by atoms with van der Waals surface area (Å²) in [4.78, 5) is 1.74. The maximum Gasteiger partial charge on any atom is 0.146 e. The molecule has 0 unspecified atom stereocenters. The van der Waals surface area contributed by atoms with Crippen LogP contribution in [0.3, 0.4) is 0 Å². The van der Waals surface area contributed by atoms with Gasteiger partial charge in [-0.2, -0.15) is 0 Å². The van der Waals surface area contributed by atoms with E-state index in [0.29, 0.717) is 5.69 Å². The molecule has 0 fully saturated rings. The summed E-state index contributed by atoms with van der Waals surface area (Å²) in [6.07, 6.45) is 0. The molecule has 0 saturated carbocycles. The predicted molar refractivity (Wildman–Crippen MR) is 66.8 cm³/mol. The quantitative estimate of drug-likeness (QED) is 0.877. The molecule has 0 aliphatic carbocycles. The maximum absolute atomic E-state index is 13.7. The molecule has 3 heteroatoms. The Bertz CT molecular complexity index is 513. The molecule has 88 valence electrons. The average molecular weight is 231 g/mol. The normalized spacial score (nSPS) is 10.3. The molecule has 17 heavy (non-hydrogen) atoms. The molecule has 2 aromatic rings. The second-order valence-corrected chi connectivity index (χ2v) is 3.80. The van der Waals surface area contributed by atoms with E-state index < -0.39 is 0 Å². The number of hydrogen-bond acceptors (Lipinski definition) is 2. The van der Waals surface area contributed by atoms with Gasteiger partial charge in [-0.15, -0.1) is 0 Å². The number of benzene rings is 2. The molecule has 0 atom stereocenters. The first kappa shape index (κ1) is 11.6. The van der Waals surface area contributed by atoms with E-state index in [0.717, 1.165) is 11.3 Å². The fourth-order valence-corrected chi connectivity index (χ4v) is 1.83. The third kappa shape index (κ3) is 2.29. The number of para-hydroxylation sites is 2. The fourth-order valence-electron chi connectivity index (χ4n) is 1.83. The maximum atomic E-state index is 13.7. The lowest BCUT2D eigenvalue weighted by atomic mass is 10.1. The molecule has 0 heterocycles. The Morgan fingerprint density at radius 2 is 1.59 bits per heavy atom. The van der Waals surface area contributed by atoms with Gasteiger partial charge in [0.15, 0.2) is 0 Å². The predicted octanol–water partition coefficient (Wildman–Crippen LogP) is 3.09. The van der Waals surface area contributed by atoms with Gasteiger partial charge in [-0.25, -0.2) is 4.39 Å². The molecule has 0 spiro atoms. The molecule has 0 aromatic heterocycles. The number of hydrogen-bond donors (Lipinski definition) is 1. The minimum atomic E-state index is -0.275. The lowest BCUT2D eigenvalue weighted by molar-refractivity contribution is 0.282. The van der Waals surface area contributed by atoms with E-state index in [-0.39, 0.29) is 12.4 Å². The van der Waals surface area contributed by atoms with Crippen molar-refractivity contribution in [2.75, 3.05) is 11.9 Å². The lowest BCUT2D eigenvalue weighted by Crippen LogP contribution is -2.13. The Morgan fingerprint density at radius 1 is 1.00 bits per heavy atom. The van der Waals surface area contributed by atoms with Crippen molar-refractivity contribution in [1.29, 1.82) is 0 Å². The monoisotopic (exact) mass is 231 g/mol. The van der Waals surface area contributed by atoms with E-state index in [1.807, 2.05) is 24.3 Å². The van der Waals surface area contributed by atoms with E-state index in [9.17, 15) is 9.50 Å². The van der Waals surface area contributed by atoms with Crippen molar-refractivity contribution in [3.63, 3.8) is 0 Å². The van der Waals surface area contributed by atoms with Crippen LogP contribution in [0.5, 0.6) is 0 Å². The van der Waals surface area contributed by atoms with Gasteiger partial charge in [0, 0.05) is 18.3 Å². The van der Waals surface area contributed by atoms with Crippen molar-refractivity contribution >= 4 is 11.4 Å². The topological polar surface area (TPSA) is 23.5 Å². The van der Waals surface area contributed by atoms with E-state index in [2.05, 4.69) is 0 Å². The van der Waals surface area contributed by atoms with Crippen molar-refractivity contribution in [1.82, 2.24) is 0 Å². The number of rotatable bonds is 3. The summed E-state index contributed by atoms with van der Waals surface area (Å²) in [6, 6.07) is 14.0. The lowest BCUT2D eigenvalue weighted by Gasteiger charge is -2.22. The van der Waals surface area contributed by atoms with Crippen molar-refractivity contribution in [2.24, 2.45) is 0 Å². The molecule has 2 aromatic carbocycles. The van der Waals surface area contributed by atoms with Crippen LogP contribution < -0.4 is 4.90 Å². The number of aliphatic hydroxyl groups excluding tert-OH is 1. The van der Waals surface area contributed by atoms with Gasteiger partial charge in [0.05, 0.1) is 12.3 Å². The molecular weight excluding hydrogens is 217 g/mol. The van der Waals surface area contributed by atoms with E-state index in [1.165, 1.54) is 6.07 Å². The van der Waals surface area contributed by atoms with Gasteiger partial charge in [0.25, 0.3) is 0 Å². The van der Waals surface area contributed by atoms with E-state index in [4.69, 9.17) is 0 Å². The minimum absolute atomic E-state index is 0.0605. The summed E-state index contributed by atoms with van der Waals surface area (Å²) in [5.41, 5.74) is 2.08. The molecule has 0 radical (unpaired) electrons. The van der Waals surface area contributed by atoms with Gasteiger partial charge < -0.3 is 10.0 Å². The van der Waals surface area contributed by atoms with E-state index in [1.54, 1.807) is 30.1 Å². The smallest absolute Gasteiger partial charge is 0.146 e. The Labute approximate surface area is 99.9 Å². The highest BCUT2D eigenvalue weighted by molar-refractivity contribution is 5.65. The van der Waals surface area contributed by atoms with Gasteiger partial charge >= 0.3 is 0 Å². The number of aliphatic hydroxyl groups is 1. The fraction of sp³-hybridized carbons (Fsp3) is 0.143. The van der Waals surface area contributed by atoms with Crippen LogP contribution in [0, 0.1) is 5.82 Å². The highest BCUT2D eigenvalue weighted by atomic mass is 19.1. The molecule has 0 aliphatic rings. The first-order valence-corrected chi connectivity index (χ1v) is 5.41. The Balaban J connectivity index is 2.44. The molecule has 0 aliphatic heterocycles. The number of anilines is 2. The minimum Gasteiger partial charge on any atom is -0.392 e. The van der Waals surface area contributed by atoms with Gasteiger partial charge in [0.1, 0.15) is 5.82 Å². The van der Waals surface area contributed by atoms with Crippen molar-refractivity contribution in [3.8, 4) is 0 Å². The SMILES string of the molecule is CN(c1ccccc1F)c1ccccc1CO. The van der Waals surface area contributed by atoms with Gasteiger partial charge in [-0.05, 0) is 18.2 Å². The second-order valence-electron chi connectivity index (χ2n) is 3.80. The van der Waals surface area contributed by atoms with Crippen LogP contribution in [-0.4, -0.2) is 12.2 Å². The van der Waals surface area contributed by atoms with E-state index >= 15 is 0 Å². The van der Waals surface area contributed by atoms with Crippen LogP contribution in [0.1, 0.15) is 5.56 Å². The van der Waals surface area contributed by atoms with Crippen LogP contribution in [0.15, 0.2) is 48.5 Å². The number of halogens is 1. The van der Waals surface area contributed by atoms with Crippen LogP contribution in [0.25, 0.3) is 0 Å². The molecule has 2 nitrogen and oxygen atoms in total. The van der Waals surface area contributed by atoms with Crippen LogP contribution in [0.4, 0.5) is 15.8 Å². The Morgan fingerprint density at radius 3 is 2.24 bits per heavy atom. The summed E-state index contributed by atoms with van der Waals surface area (Å²) < 4.78 is 13.7. The molecule has 0 amide bonds. The van der Waals surface area contributed by atoms with Crippen molar-refractivity contribution in [2.45, 2.75) is 6.61 Å². The van der Waals surface area contributed by atoms with Crippen LogP contribution in [0.2, 0.25) is 0 Å². The van der Waals surface area contributed by atoms with Crippen molar-refractivity contribution < 1.29 is 9.50 Å². The Kier molecular flexibility index (Phi) is 3.40. The summed E-state index contributed by atoms with van der Waals surface area (Å²) in [5.74, 6) is -0.275. The molecule has 2 rings (SSSR count). The molecule has 0 bridgehead atoms. The van der Waals surface area contributed by atoms with Crippen LogP contribution in [-0.2, 0) is 6.61 Å². The molecule has 0 saturated heterocycles. The first-order valence-electron chi connectivity index (χ1n) is 5.41. The zero-order valence-corrected chi connectivity index (χ0v) is 9.60. The Hall–Kier alpha value is -1.87. The van der Waals surface area contributed by atoms with Gasteiger partial charge in [-0.3, -0.25) is 0 Å². The average Bonchev–Trinajstić information content (AvgIpc) is 2.38. The zero-order chi connectivity index (χ0) is 12.3. The van der Waals surface area contributed by atoms with Gasteiger partial charge in [0.2, 0.25) is 0 Å². The van der Waals surface area contributed by atoms with Crippen LogP contribution >= 0.6 is 0 Å². The number of nitrogens with zero attached hydrogens (tertiary/aromatic N) is 1. The second kappa shape index (κ2) is 4.97. The summed E-state index contributed by atoms with van der Waals surface area (Å²) in [6.45, 7) is -0.0605.